The lowest BCUT2D eigenvalue weighted by Gasteiger charge is -2.20. The zero-order chi connectivity index (χ0) is 17.3. The molecule has 1 aromatic carbocycles. The lowest BCUT2D eigenvalue weighted by atomic mass is 10.1. The highest BCUT2D eigenvalue weighted by Gasteiger charge is 2.26. The fourth-order valence-electron chi connectivity index (χ4n) is 3.11. The molecule has 1 N–H and O–H groups in total. The maximum Gasteiger partial charge on any atom is 0.336 e. The van der Waals surface area contributed by atoms with E-state index in [1.54, 1.807) is 13.0 Å². The average Bonchev–Trinajstić information content (AvgIpc) is 2.83. The van der Waals surface area contributed by atoms with Crippen LogP contribution in [0.1, 0.15) is 41.7 Å². The van der Waals surface area contributed by atoms with Gasteiger partial charge in [-0.25, -0.2) is 13.2 Å². The summed E-state index contributed by atoms with van der Waals surface area (Å²) in [6.45, 7) is 2.74. The molecule has 0 spiro atoms. The first-order valence-corrected chi connectivity index (χ1v) is 9.48. The number of hydrogen-bond acceptors (Lipinski definition) is 4. The molecule has 0 bridgehead atoms. The van der Waals surface area contributed by atoms with Crippen LogP contribution in [0, 0.1) is 6.92 Å². The lowest BCUT2D eigenvalue weighted by Crippen LogP contribution is -2.31. The van der Waals surface area contributed by atoms with E-state index in [4.69, 9.17) is 0 Å². The van der Waals surface area contributed by atoms with Crippen LogP contribution in [0.4, 0.5) is 0 Å². The number of rotatable bonds is 3. The van der Waals surface area contributed by atoms with E-state index in [0.717, 1.165) is 25.7 Å². The maximum absolute atomic E-state index is 12.9. The second-order valence-corrected chi connectivity index (χ2v) is 8.05. The molecule has 0 aliphatic carbocycles. The number of carboxylic acids is 1. The highest BCUT2D eigenvalue weighted by molar-refractivity contribution is 7.89. The number of nitrogens with zero attached hydrogens (tertiary/aromatic N) is 2. The van der Waals surface area contributed by atoms with Crippen LogP contribution in [-0.2, 0) is 10.0 Å². The first-order chi connectivity index (χ1) is 11.4. The van der Waals surface area contributed by atoms with Gasteiger partial charge in [0.25, 0.3) is 0 Å². The third-order valence-corrected chi connectivity index (χ3v) is 6.24. The zero-order valence-corrected chi connectivity index (χ0v) is 14.3. The third-order valence-electron chi connectivity index (χ3n) is 4.34. The summed E-state index contributed by atoms with van der Waals surface area (Å²) in [5, 5.41) is 9.75. The molecule has 6 nitrogen and oxygen atoms in total. The van der Waals surface area contributed by atoms with Gasteiger partial charge in [0.05, 0.1) is 16.0 Å². The van der Waals surface area contributed by atoms with Crippen molar-refractivity contribution in [1.82, 2.24) is 9.29 Å². The maximum atomic E-state index is 12.9. The van der Waals surface area contributed by atoms with Crippen molar-refractivity contribution in [1.29, 1.82) is 0 Å². The van der Waals surface area contributed by atoms with Crippen LogP contribution >= 0.6 is 0 Å². The van der Waals surface area contributed by atoms with Crippen molar-refractivity contribution < 1.29 is 18.3 Å². The molecule has 0 saturated carbocycles. The molecule has 2 aromatic rings. The number of benzene rings is 1. The Labute approximate surface area is 141 Å². The van der Waals surface area contributed by atoms with Crippen molar-refractivity contribution in [3.63, 3.8) is 0 Å². The molecule has 1 fully saturated rings. The van der Waals surface area contributed by atoms with Gasteiger partial charge in [-0.15, -0.1) is 0 Å². The number of fused-ring (bicyclic) bond motifs is 1. The second-order valence-electron chi connectivity index (χ2n) is 6.11. The van der Waals surface area contributed by atoms with E-state index in [0.29, 0.717) is 29.7 Å². The van der Waals surface area contributed by atoms with Crippen molar-refractivity contribution in [2.45, 2.75) is 37.5 Å². The minimum absolute atomic E-state index is 0.0745. The normalized spacial score (nSPS) is 16.9. The molecule has 0 radical (unpaired) electrons. The van der Waals surface area contributed by atoms with Gasteiger partial charge in [-0.2, -0.15) is 4.31 Å². The topological polar surface area (TPSA) is 87.6 Å². The van der Waals surface area contributed by atoms with Gasteiger partial charge in [-0.05, 0) is 44.0 Å². The summed E-state index contributed by atoms with van der Waals surface area (Å²) in [6.07, 6.45) is 3.79. The Morgan fingerprint density at radius 2 is 1.79 bits per heavy atom. The molecule has 3 rings (SSSR count). The van der Waals surface area contributed by atoms with Crippen LogP contribution in [0.25, 0.3) is 10.9 Å². The van der Waals surface area contributed by atoms with Crippen LogP contribution in [0.2, 0.25) is 0 Å². The molecule has 0 atom stereocenters. The number of sulfonamides is 1. The van der Waals surface area contributed by atoms with Crippen molar-refractivity contribution in [2.75, 3.05) is 13.1 Å². The van der Waals surface area contributed by atoms with E-state index in [-0.39, 0.29) is 10.5 Å². The number of carbonyl (C=O) groups is 1. The molecular formula is C17H20N2O4S. The van der Waals surface area contributed by atoms with Gasteiger partial charge in [-0.3, -0.25) is 4.98 Å². The Morgan fingerprint density at radius 3 is 2.42 bits per heavy atom. The Morgan fingerprint density at radius 1 is 1.12 bits per heavy atom. The first kappa shape index (κ1) is 16.9. The van der Waals surface area contributed by atoms with E-state index >= 15 is 0 Å². The van der Waals surface area contributed by atoms with Gasteiger partial charge in [0, 0.05) is 24.2 Å². The largest absolute Gasteiger partial charge is 0.478 e. The molecule has 1 saturated heterocycles. The summed E-state index contributed by atoms with van der Waals surface area (Å²) in [4.78, 5) is 15.9. The molecule has 1 aliphatic heterocycles. The van der Waals surface area contributed by atoms with Crippen LogP contribution in [0.5, 0.6) is 0 Å². The molecule has 0 amide bonds. The van der Waals surface area contributed by atoms with Gasteiger partial charge in [0.1, 0.15) is 0 Å². The van der Waals surface area contributed by atoms with Crippen LogP contribution in [0.3, 0.4) is 0 Å². The number of aromatic nitrogens is 1. The molecule has 1 aliphatic rings. The number of pyridine rings is 1. The quantitative estimate of drug-likeness (QED) is 0.921. The van der Waals surface area contributed by atoms with Gasteiger partial charge >= 0.3 is 5.97 Å². The van der Waals surface area contributed by atoms with Crippen molar-refractivity contribution >= 4 is 26.9 Å². The van der Waals surface area contributed by atoms with E-state index in [2.05, 4.69) is 4.98 Å². The highest BCUT2D eigenvalue weighted by atomic mass is 32.2. The fourth-order valence-corrected chi connectivity index (χ4v) is 4.65. The number of aromatic carboxylic acids is 1. The van der Waals surface area contributed by atoms with Gasteiger partial charge in [0.2, 0.25) is 10.0 Å². The van der Waals surface area contributed by atoms with Gasteiger partial charge in [0.15, 0.2) is 0 Å². The van der Waals surface area contributed by atoms with Gasteiger partial charge < -0.3 is 5.11 Å². The molecule has 0 unspecified atom stereocenters. The summed E-state index contributed by atoms with van der Waals surface area (Å²) in [5.41, 5.74) is 1.15. The minimum Gasteiger partial charge on any atom is -0.478 e. The Balaban J connectivity index is 2.11. The monoisotopic (exact) mass is 348 g/mol. The fraction of sp³-hybridized carbons (Fsp3) is 0.412. The summed E-state index contributed by atoms with van der Waals surface area (Å²) >= 11 is 0. The number of aryl methyl sites for hydroxylation is 1. The Hall–Kier alpha value is -1.99. The van der Waals surface area contributed by atoms with E-state index in [1.165, 1.54) is 22.5 Å². The molecule has 128 valence electrons. The second kappa shape index (κ2) is 6.49. The Bertz CT molecular complexity index is 885. The standard InChI is InChI=1S/C17H20N2O4S/c1-12-10-15(17(20)21)14-11-13(6-7-16(14)18-12)24(22,23)19-8-4-2-3-5-9-19/h6-7,10-11H,2-5,8-9H2,1H3,(H,20,21). The summed E-state index contributed by atoms with van der Waals surface area (Å²) < 4.78 is 27.3. The SMILES string of the molecule is Cc1cc(C(=O)O)c2cc(S(=O)(=O)N3CCCCCC3)ccc2n1. The average molecular weight is 348 g/mol. The molecular weight excluding hydrogens is 328 g/mol. The van der Waals surface area contributed by atoms with E-state index < -0.39 is 16.0 Å². The van der Waals surface area contributed by atoms with Gasteiger partial charge in [-0.1, -0.05) is 12.8 Å². The van der Waals surface area contributed by atoms with Crippen LogP contribution in [0.15, 0.2) is 29.2 Å². The highest BCUT2D eigenvalue weighted by Crippen LogP contribution is 2.26. The summed E-state index contributed by atoms with van der Waals surface area (Å²) in [6, 6.07) is 6.00. The first-order valence-electron chi connectivity index (χ1n) is 8.04. The minimum atomic E-state index is -3.62. The summed E-state index contributed by atoms with van der Waals surface area (Å²) in [5.74, 6) is -1.09. The lowest BCUT2D eigenvalue weighted by molar-refractivity contribution is 0.0699. The van der Waals surface area contributed by atoms with Crippen LogP contribution in [-0.4, -0.2) is 41.9 Å². The molecule has 24 heavy (non-hydrogen) atoms. The molecule has 2 heterocycles. The smallest absolute Gasteiger partial charge is 0.336 e. The van der Waals surface area contributed by atoms with Crippen molar-refractivity contribution in [3.8, 4) is 0 Å². The molecule has 1 aromatic heterocycles. The third kappa shape index (κ3) is 3.14. The zero-order valence-electron chi connectivity index (χ0n) is 13.5. The predicted molar refractivity (Wildman–Crippen MR) is 90.7 cm³/mol. The number of carboxylic acid groups (broad SMARTS) is 1. The molecule has 7 heteroatoms. The van der Waals surface area contributed by atoms with Crippen molar-refractivity contribution in [3.05, 3.63) is 35.5 Å². The number of hydrogen-bond donors (Lipinski definition) is 1. The summed E-state index contributed by atoms with van der Waals surface area (Å²) in [7, 11) is -3.62. The predicted octanol–water partition coefficient (Wildman–Crippen LogP) is 2.81. The Kier molecular flexibility index (Phi) is 4.56. The van der Waals surface area contributed by atoms with Crippen molar-refractivity contribution in [2.24, 2.45) is 0 Å². The van der Waals surface area contributed by atoms with E-state index in [9.17, 15) is 18.3 Å². The van der Waals surface area contributed by atoms with E-state index in [1.807, 2.05) is 0 Å². The van der Waals surface area contributed by atoms with Crippen LogP contribution < -0.4 is 0 Å².